The SMILES string of the molecule is CC(C)[C@@H](NC(=O)/C=C/c1cccc(F)c1)c1ccc2c(c1)OCCO2. The van der Waals surface area contributed by atoms with Crippen LogP contribution in [0.15, 0.2) is 48.5 Å². The van der Waals surface area contributed by atoms with Crippen molar-refractivity contribution < 1.29 is 18.7 Å². The summed E-state index contributed by atoms with van der Waals surface area (Å²) in [5.74, 6) is 1.04. The lowest BCUT2D eigenvalue weighted by atomic mass is 9.95. The molecule has 0 aromatic heterocycles. The van der Waals surface area contributed by atoms with Crippen molar-refractivity contribution in [3.63, 3.8) is 0 Å². The second kappa shape index (κ2) is 8.04. The first kappa shape index (κ1) is 18.0. The molecule has 0 radical (unpaired) electrons. The maximum atomic E-state index is 13.2. The van der Waals surface area contributed by atoms with Gasteiger partial charge in [-0.05, 0) is 47.4 Å². The molecule has 1 N–H and O–H groups in total. The summed E-state index contributed by atoms with van der Waals surface area (Å²) in [6.07, 6.45) is 3.02. The van der Waals surface area contributed by atoms with Crippen LogP contribution in [0.3, 0.4) is 0 Å². The predicted octanol–water partition coefficient (Wildman–Crippen LogP) is 4.12. The highest BCUT2D eigenvalue weighted by molar-refractivity contribution is 5.92. The van der Waals surface area contributed by atoms with Gasteiger partial charge in [-0.1, -0.05) is 32.0 Å². The summed E-state index contributed by atoms with van der Waals surface area (Å²) < 4.78 is 24.4. The van der Waals surface area contributed by atoms with Gasteiger partial charge in [0.1, 0.15) is 19.0 Å². The van der Waals surface area contributed by atoms with Gasteiger partial charge < -0.3 is 14.8 Å². The van der Waals surface area contributed by atoms with Crippen LogP contribution >= 0.6 is 0 Å². The molecule has 1 aliphatic rings. The third-order valence-corrected chi connectivity index (χ3v) is 4.17. The minimum Gasteiger partial charge on any atom is -0.486 e. The predicted molar refractivity (Wildman–Crippen MR) is 98.6 cm³/mol. The van der Waals surface area contributed by atoms with Crippen molar-refractivity contribution in [3.05, 3.63) is 65.5 Å². The van der Waals surface area contributed by atoms with Crippen molar-refractivity contribution in [3.8, 4) is 11.5 Å². The molecule has 0 bridgehead atoms. The maximum Gasteiger partial charge on any atom is 0.244 e. The molecule has 1 heterocycles. The second-order valence-electron chi connectivity index (χ2n) is 6.52. The van der Waals surface area contributed by atoms with E-state index in [1.54, 1.807) is 18.2 Å². The van der Waals surface area contributed by atoms with Crippen molar-refractivity contribution in [2.24, 2.45) is 5.92 Å². The van der Waals surface area contributed by atoms with Gasteiger partial charge in [0.05, 0.1) is 6.04 Å². The fourth-order valence-electron chi connectivity index (χ4n) is 2.87. The van der Waals surface area contributed by atoms with Crippen LogP contribution in [0.25, 0.3) is 6.08 Å². The number of hydrogen-bond acceptors (Lipinski definition) is 3. The van der Waals surface area contributed by atoms with E-state index < -0.39 is 0 Å². The molecular formula is C21H22FNO3. The van der Waals surface area contributed by atoms with Gasteiger partial charge in [-0.25, -0.2) is 4.39 Å². The Bertz CT molecular complexity index is 817. The Morgan fingerprint density at radius 3 is 2.62 bits per heavy atom. The molecular weight excluding hydrogens is 333 g/mol. The normalized spacial score (nSPS) is 14.5. The first-order valence-electron chi connectivity index (χ1n) is 8.66. The van der Waals surface area contributed by atoms with Gasteiger partial charge in [-0.15, -0.1) is 0 Å². The lowest BCUT2D eigenvalue weighted by molar-refractivity contribution is -0.117. The van der Waals surface area contributed by atoms with Gasteiger partial charge in [-0.3, -0.25) is 4.79 Å². The van der Waals surface area contributed by atoms with E-state index in [0.29, 0.717) is 24.5 Å². The fraction of sp³-hybridized carbons (Fsp3) is 0.286. The number of benzene rings is 2. The minimum absolute atomic E-state index is 0.171. The molecule has 0 saturated carbocycles. The average molecular weight is 355 g/mol. The largest absolute Gasteiger partial charge is 0.486 e. The molecule has 0 fully saturated rings. The molecule has 0 unspecified atom stereocenters. The Morgan fingerprint density at radius 2 is 1.88 bits per heavy atom. The number of fused-ring (bicyclic) bond motifs is 1. The van der Waals surface area contributed by atoms with Gasteiger partial charge in [0, 0.05) is 6.08 Å². The van der Waals surface area contributed by atoms with E-state index in [4.69, 9.17) is 9.47 Å². The van der Waals surface area contributed by atoms with E-state index in [1.165, 1.54) is 18.2 Å². The first-order valence-corrected chi connectivity index (χ1v) is 8.66. The van der Waals surface area contributed by atoms with Crippen LogP contribution in [-0.4, -0.2) is 19.1 Å². The minimum atomic E-state index is -0.330. The number of halogens is 1. The van der Waals surface area contributed by atoms with Crippen molar-refractivity contribution in [2.45, 2.75) is 19.9 Å². The molecule has 26 heavy (non-hydrogen) atoms. The zero-order chi connectivity index (χ0) is 18.5. The smallest absolute Gasteiger partial charge is 0.244 e. The van der Waals surface area contributed by atoms with E-state index in [0.717, 1.165) is 11.3 Å². The first-order chi connectivity index (χ1) is 12.5. The van der Waals surface area contributed by atoms with Gasteiger partial charge >= 0.3 is 0 Å². The second-order valence-corrected chi connectivity index (χ2v) is 6.52. The summed E-state index contributed by atoms with van der Waals surface area (Å²) in [4.78, 5) is 12.3. The Balaban J connectivity index is 1.73. The van der Waals surface area contributed by atoms with Crippen LogP contribution in [0, 0.1) is 11.7 Å². The highest BCUT2D eigenvalue weighted by Gasteiger charge is 2.20. The zero-order valence-electron chi connectivity index (χ0n) is 14.9. The Labute approximate surface area is 152 Å². The van der Waals surface area contributed by atoms with E-state index in [2.05, 4.69) is 5.32 Å². The highest BCUT2D eigenvalue weighted by atomic mass is 19.1. The molecule has 1 aliphatic heterocycles. The zero-order valence-corrected chi connectivity index (χ0v) is 14.9. The molecule has 0 saturated heterocycles. The Kier molecular flexibility index (Phi) is 5.56. The maximum absolute atomic E-state index is 13.2. The molecule has 136 valence electrons. The van der Waals surface area contributed by atoms with Crippen molar-refractivity contribution >= 4 is 12.0 Å². The van der Waals surface area contributed by atoms with Gasteiger partial charge in [-0.2, -0.15) is 0 Å². The molecule has 2 aromatic carbocycles. The molecule has 5 heteroatoms. The van der Waals surface area contributed by atoms with Crippen LogP contribution in [0.1, 0.15) is 31.0 Å². The topological polar surface area (TPSA) is 47.6 Å². The lowest BCUT2D eigenvalue weighted by Gasteiger charge is -2.25. The molecule has 1 atom stereocenters. The summed E-state index contributed by atoms with van der Waals surface area (Å²) in [6, 6.07) is 11.7. The van der Waals surface area contributed by atoms with Crippen LogP contribution < -0.4 is 14.8 Å². The fourth-order valence-corrected chi connectivity index (χ4v) is 2.87. The number of carbonyl (C=O) groups excluding carboxylic acids is 1. The number of hydrogen-bond donors (Lipinski definition) is 1. The third-order valence-electron chi connectivity index (χ3n) is 4.17. The van der Waals surface area contributed by atoms with Crippen LogP contribution in [0.2, 0.25) is 0 Å². The summed E-state index contributed by atoms with van der Waals surface area (Å²) in [5.41, 5.74) is 1.59. The van der Waals surface area contributed by atoms with Crippen LogP contribution in [-0.2, 0) is 4.79 Å². The summed E-state index contributed by atoms with van der Waals surface area (Å²) >= 11 is 0. The standard InChI is InChI=1S/C21H22FNO3/c1-14(2)21(16-7-8-18-19(13-16)26-11-10-25-18)23-20(24)9-6-15-4-3-5-17(22)12-15/h3-9,12-14,21H,10-11H2,1-2H3,(H,23,24)/b9-6+/t21-/m1/s1. The summed E-state index contributed by atoms with van der Waals surface area (Å²) in [5, 5.41) is 3.01. The number of amides is 1. The number of nitrogens with one attached hydrogen (secondary N) is 1. The quantitative estimate of drug-likeness (QED) is 0.821. The molecule has 0 spiro atoms. The molecule has 3 rings (SSSR count). The molecule has 1 amide bonds. The lowest BCUT2D eigenvalue weighted by Crippen LogP contribution is -2.30. The van der Waals surface area contributed by atoms with Crippen molar-refractivity contribution in [1.29, 1.82) is 0 Å². The number of rotatable bonds is 5. The monoisotopic (exact) mass is 355 g/mol. The highest BCUT2D eigenvalue weighted by Crippen LogP contribution is 2.34. The number of carbonyl (C=O) groups is 1. The van der Waals surface area contributed by atoms with Crippen LogP contribution in [0.4, 0.5) is 4.39 Å². The summed E-state index contributed by atoms with van der Waals surface area (Å²) in [6.45, 7) is 5.14. The average Bonchev–Trinajstić information content (AvgIpc) is 2.64. The number of ether oxygens (including phenoxy) is 2. The van der Waals surface area contributed by atoms with Crippen LogP contribution in [0.5, 0.6) is 11.5 Å². The Morgan fingerprint density at radius 1 is 1.12 bits per heavy atom. The Hall–Kier alpha value is -2.82. The molecule has 0 aliphatic carbocycles. The van der Waals surface area contributed by atoms with E-state index in [9.17, 15) is 9.18 Å². The van der Waals surface area contributed by atoms with Crippen molar-refractivity contribution in [1.82, 2.24) is 5.32 Å². The van der Waals surface area contributed by atoms with E-state index in [1.807, 2.05) is 32.0 Å². The van der Waals surface area contributed by atoms with E-state index in [-0.39, 0.29) is 23.7 Å². The van der Waals surface area contributed by atoms with Gasteiger partial charge in [0.2, 0.25) is 5.91 Å². The van der Waals surface area contributed by atoms with E-state index >= 15 is 0 Å². The third kappa shape index (κ3) is 4.42. The van der Waals surface area contributed by atoms with Gasteiger partial charge in [0.15, 0.2) is 11.5 Å². The van der Waals surface area contributed by atoms with Gasteiger partial charge in [0.25, 0.3) is 0 Å². The molecule has 4 nitrogen and oxygen atoms in total. The van der Waals surface area contributed by atoms with Crippen molar-refractivity contribution in [2.75, 3.05) is 13.2 Å². The summed E-state index contributed by atoms with van der Waals surface area (Å²) in [7, 11) is 0. The molecule has 2 aromatic rings.